The first-order valence-electron chi connectivity index (χ1n) is 6.71. The van der Waals surface area contributed by atoms with Crippen molar-refractivity contribution in [3.8, 4) is 0 Å². The second-order valence-corrected chi connectivity index (χ2v) is 5.44. The van der Waals surface area contributed by atoms with Crippen molar-refractivity contribution in [3.05, 3.63) is 18.0 Å². The molecule has 2 heterocycles. The highest BCUT2D eigenvalue weighted by Gasteiger charge is 2.31. The SMILES string of the molecule is CNC(=O)C[C@H]1CN(CC2CC2)Cc2ccnn21. The highest BCUT2D eigenvalue weighted by atomic mass is 16.1. The van der Waals surface area contributed by atoms with Crippen molar-refractivity contribution >= 4 is 5.91 Å². The Balaban J connectivity index is 1.73. The third-order valence-electron chi connectivity index (χ3n) is 3.87. The van der Waals surface area contributed by atoms with Gasteiger partial charge in [0.2, 0.25) is 5.91 Å². The van der Waals surface area contributed by atoms with E-state index in [0.717, 1.165) is 19.0 Å². The number of aromatic nitrogens is 2. The zero-order valence-electron chi connectivity index (χ0n) is 10.8. The van der Waals surface area contributed by atoms with Gasteiger partial charge in [-0.25, -0.2) is 0 Å². The summed E-state index contributed by atoms with van der Waals surface area (Å²) >= 11 is 0. The van der Waals surface area contributed by atoms with Gasteiger partial charge in [-0.05, 0) is 24.8 Å². The van der Waals surface area contributed by atoms with E-state index in [1.807, 2.05) is 10.9 Å². The van der Waals surface area contributed by atoms with E-state index in [9.17, 15) is 4.79 Å². The molecule has 5 heteroatoms. The molecule has 1 amide bonds. The topological polar surface area (TPSA) is 50.2 Å². The minimum absolute atomic E-state index is 0.0923. The molecule has 0 spiro atoms. The summed E-state index contributed by atoms with van der Waals surface area (Å²) in [5.74, 6) is 0.981. The highest BCUT2D eigenvalue weighted by Crippen LogP contribution is 2.32. The minimum Gasteiger partial charge on any atom is -0.359 e. The first-order chi connectivity index (χ1) is 8.76. The number of fused-ring (bicyclic) bond motifs is 1. The maximum Gasteiger partial charge on any atom is 0.221 e. The molecule has 0 radical (unpaired) electrons. The lowest BCUT2D eigenvalue weighted by Gasteiger charge is -2.33. The molecule has 18 heavy (non-hydrogen) atoms. The molecule has 1 saturated carbocycles. The summed E-state index contributed by atoms with van der Waals surface area (Å²) < 4.78 is 2.03. The van der Waals surface area contributed by atoms with Crippen LogP contribution in [0.1, 0.15) is 31.0 Å². The van der Waals surface area contributed by atoms with Crippen LogP contribution in [-0.2, 0) is 11.3 Å². The number of nitrogens with one attached hydrogen (secondary N) is 1. The summed E-state index contributed by atoms with van der Waals surface area (Å²) in [6, 6.07) is 2.25. The van der Waals surface area contributed by atoms with Crippen LogP contribution in [0, 0.1) is 5.92 Å². The van der Waals surface area contributed by atoms with Crippen LogP contribution in [0.15, 0.2) is 12.3 Å². The Morgan fingerprint density at radius 1 is 1.56 bits per heavy atom. The molecule has 5 nitrogen and oxygen atoms in total. The molecule has 0 unspecified atom stereocenters. The average molecular weight is 248 g/mol. The molecule has 1 aliphatic carbocycles. The smallest absolute Gasteiger partial charge is 0.221 e. The second kappa shape index (κ2) is 4.72. The number of rotatable bonds is 4. The predicted octanol–water partition coefficient (Wildman–Crippen LogP) is 0.786. The first-order valence-corrected chi connectivity index (χ1v) is 6.71. The second-order valence-electron chi connectivity index (χ2n) is 5.44. The van der Waals surface area contributed by atoms with Crippen LogP contribution in [0.4, 0.5) is 0 Å². The van der Waals surface area contributed by atoms with Gasteiger partial charge in [0, 0.05) is 32.9 Å². The Morgan fingerprint density at radius 3 is 3.11 bits per heavy atom. The largest absolute Gasteiger partial charge is 0.359 e. The van der Waals surface area contributed by atoms with Gasteiger partial charge in [-0.1, -0.05) is 0 Å². The Bertz CT molecular complexity index is 438. The molecule has 1 aromatic rings. The predicted molar refractivity (Wildman–Crippen MR) is 67.9 cm³/mol. The van der Waals surface area contributed by atoms with Gasteiger partial charge in [-0.3, -0.25) is 14.4 Å². The van der Waals surface area contributed by atoms with Gasteiger partial charge in [0.1, 0.15) is 0 Å². The number of carbonyl (C=O) groups excluding carboxylic acids is 1. The number of amides is 1. The standard InChI is InChI=1S/C13H20N4O/c1-14-13(18)6-12-9-16(7-10-2-3-10)8-11-4-5-15-17(11)12/h4-5,10,12H,2-3,6-9H2,1H3,(H,14,18)/t12-/m0/s1. The van der Waals surface area contributed by atoms with Gasteiger partial charge in [-0.15, -0.1) is 0 Å². The fraction of sp³-hybridized carbons (Fsp3) is 0.692. The monoisotopic (exact) mass is 248 g/mol. The van der Waals surface area contributed by atoms with E-state index in [1.54, 1.807) is 7.05 Å². The normalized spacial score (nSPS) is 23.7. The maximum atomic E-state index is 11.6. The Kier molecular flexibility index (Phi) is 3.07. The van der Waals surface area contributed by atoms with E-state index in [0.29, 0.717) is 6.42 Å². The number of nitrogens with zero attached hydrogens (tertiary/aromatic N) is 3. The molecule has 1 aromatic heterocycles. The van der Waals surface area contributed by atoms with E-state index in [1.165, 1.54) is 25.1 Å². The minimum atomic E-state index is 0.0923. The molecular formula is C13H20N4O. The Labute approximate surface area is 107 Å². The summed E-state index contributed by atoms with van der Waals surface area (Å²) in [6.45, 7) is 3.09. The maximum absolute atomic E-state index is 11.6. The van der Waals surface area contributed by atoms with Crippen molar-refractivity contribution in [1.82, 2.24) is 20.0 Å². The number of carbonyl (C=O) groups is 1. The number of hydrogen-bond donors (Lipinski definition) is 1. The summed E-state index contributed by atoms with van der Waals surface area (Å²) in [4.78, 5) is 14.1. The summed E-state index contributed by atoms with van der Waals surface area (Å²) in [7, 11) is 1.69. The van der Waals surface area contributed by atoms with Gasteiger partial charge >= 0.3 is 0 Å². The molecule has 0 saturated heterocycles. The van der Waals surface area contributed by atoms with Gasteiger partial charge in [0.15, 0.2) is 0 Å². The van der Waals surface area contributed by atoms with E-state index < -0.39 is 0 Å². The van der Waals surface area contributed by atoms with Gasteiger partial charge in [0.25, 0.3) is 0 Å². The van der Waals surface area contributed by atoms with E-state index >= 15 is 0 Å². The molecule has 3 rings (SSSR count). The number of hydrogen-bond acceptors (Lipinski definition) is 3. The average Bonchev–Trinajstić information content (AvgIpc) is 3.04. The van der Waals surface area contributed by atoms with Crippen molar-refractivity contribution in [2.75, 3.05) is 20.1 Å². The zero-order chi connectivity index (χ0) is 12.5. The molecule has 2 aliphatic rings. The molecular weight excluding hydrogens is 228 g/mol. The highest BCUT2D eigenvalue weighted by molar-refractivity contribution is 5.76. The van der Waals surface area contributed by atoms with Crippen LogP contribution in [0.2, 0.25) is 0 Å². The van der Waals surface area contributed by atoms with Crippen LogP contribution < -0.4 is 5.32 Å². The van der Waals surface area contributed by atoms with Gasteiger partial charge in [0.05, 0.1) is 18.2 Å². The van der Waals surface area contributed by atoms with E-state index in [2.05, 4.69) is 21.4 Å². The van der Waals surface area contributed by atoms with Crippen LogP contribution in [0.5, 0.6) is 0 Å². The van der Waals surface area contributed by atoms with Crippen molar-refractivity contribution in [1.29, 1.82) is 0 Å². The van der Waals surface area contributed by atoms with E-state index in [-0.39, 0.29) is 11.9 Å². The summed E-state index contributed by atoms with van der Waals surface area (Å²) in [6.07, 6.45) is 5.10. The molecule has 1 aliphatic heterocycles. The zero-order valence-corrected chi connectivity index (χ0v) is 10.8. The fourth-order valence-electron chi connectivity index (χ4n) is 2.74. The summed E-state index contributed by atoms with van der Waals surface area (Å²) in [5, 5.41) is 7.07. The van der Waals surface area contributed by atoms with Crippen molar-refractivity contribution < 1.29 is 4.79 Å². The molecule has 0 bridgehead atoms. The quantitative estimate of drug-likeness (QED) is 0.857. The summed E-state index contributed by atoms with van der Waals surface area (Å²) in [5.41, 5.74) is 1.23. The lowest BCUT2D eigenvalue weighted by Crippen LogP contribution is -2.40. The van der Waals surface area contributed by atoms with Crippen LogP contribution in [-0.4, -0.2) is 40.7 Å². The van der Waals surface area contributed by atoms with Crippen molar-refractivity contribution in [3.63, 3.8) is 0 Å². The molecule has 0 aromatic carbocycles. The third kappa shape index (κ3) is 2.41. The van der Waals surface area contributed by atoms with Crippen molar-refractivity contribution in [2.24, 2.45) is 5.92 Å². The van der Waals surface area contributed by atoms with Crippen LogP contribution >= 0.6 is 0 Å². The van der Waals surface area contributed by atoms with E-state index in [4.69, 9.17) is 0 Å². The van der Waals surface area contributed by atoms with Crippen molar-refractivity contribution in [2.45, 2.75) is 31.8 Å². The van der Waals surface area contributed by atoms with Crippen LogP contribution in [0.25, 0.3) is 0 Å². The van der Waals surface area contributed by atoms with Gasteiger partial charge < -0.3 is 5.32 Å². The molecule has 1 N–H and O–H groups in total. The first kappa shape index (κ1) is 11.7. The fourth-order valence-corrected chi connectivity index (χ4v) is 2.74. The molecule has 1 fully saturated rings. The Hall–Kier alpha value is -1.36. The Morgan fingerprint density at radius 2 is 2.39 bits per heavy atom. The molecule has 1 atom stereocenters. The lowest BCUT2D eigenvalue weighted by atomic mass is 10.1. The van der Waals surface area contributed by atoms with Crippen LogP contribution in [0.3, 0.4) is 0 Å². The van der Waals surface area contributed by atoms with Gasteiger partial charge in [-0.2, -0.15) is 5.10 Å². The molecule has 98 valence electrons. The third-order valence-corrected chi connectivity index (χ3v) is 3.87. The lowest BCUT2D eigenvalue weighted by molar-refractivity contribution is -0.121.